The van der Waals surface area contributed by atoms with Crippen LogP contribution in [0.1, 0.15) is 26.2 Å². The molecule has 84 valence electrons. The second-order valence-corrected chi connectivity index (χ2v) is 3.68. The van der Waals surface area contributed by atoms with Crippen molar-refractivity contribution in [3.8, 4) is 12.3 Å². The highest BCUT2D eigenvalue weighted by Gasteiger charge is 2.11. The lowest BCUT2D eigenvalue weighted by Gasteiger charge is -2.06. The zero-order chi connectivity index (χ0) is 11.7. The van der Waals surface area contributed by atoms with Crippen molar-refractivity contribution in [1.82, 2.24) is 10.6 Å². The molecule has 0 aliphatic heterocycles. The van der Waals surface area contributed by atoms with Crippen LogP contribution in [0.15, 0.2) is 0 Å². The second-order valence-electron chi connectivity index (χ2n) is 3.02. The summed E-state index contributed by atoms with van der Waals surface area (Å²) in [6.45, 7) is 1.99. The van der Waals surface area contributed by atoms with Gasteiger partial charge >= 0.3 is 6.03 Å². The maximum Gasteiger partial charge on any atom is 0.321 e. The monoisotopic (exact) mass is 230 g/mol. The number of terminal acetylenes is 1. The summed E-state index contributed by atoms with van der Waals surface area (Å²) in [5.74, 6) is 2.00. The van der Waals surface area contributed by atoms with Gasteiger partial charge in [0.15, 0.2) is 0 Å². The molecule has 0 spiro atoms. The molecule has 0 saturated carbocycles. The van der Waals surface area contributed by atoms with Crippen LogP contribution in [0, 0.1) is 12.3 Å². The number of amides is 3. The number of rotatable bonds is 5. The molecule has 0 fully saturated rings. The van der Waals surface area contributed by atoms with Gasteiger partial charge in [0.1, 0.15) is 5.38 Å². The van der Waals surface area contributed by atoms with Crippen molar-refractivity contribution in [3.05, 3.63) is 0 Å². The van der Waals surface area contributed by atoms with E-state index >= 15 is 0 Å². The molecule has 0 radical (unpaired) electrons. The Kier molecular flexibility index (Phi) is 7.47. The van der Waals surface area contributed by atoms with Crippen LogP contribution in [0.2, 0.25) is 0 Å². The maximum absolute atomic E-state index is 11.0. The highest BCUT2D eigenvalue weighted by Crippen LogP contribution is 1.93. The molecule has 0 aromatic heterocycles. The fourth-order valence-electron chi connectivity index (χ4n) is 0.810. The van der Waals surface area contributed by atoms with Gasteiger partial charge in [0.05, 0.1) is 0 Å². The van der Waals surface area contributed by atoms with E-state index in [1.54, 1.807) is 0 Å². The van der Waals surface area contributed by atoms with E-state index in [4.69, 9.17) is 18.0 Å². The van der Waals surface area contributed by atoms with Crippen molar-refractivity contribution in [2.75, 3.05) is 6.54 Å². The fourth-order valence-corrected chi connectivity index (χ4v) is 0.864. The minimum Gasteiger partial charge on any atom is -0.338 e. The predicted molar refractivity (Wildman–Crippen MR) is 59.5 cm³/mol. The summed E-state index contributed by atoms with van der Waals surface area (Å²) in [5.41, 5.74) is 0. The third kappa shape index (κ3) is 7.83. The molecular formula is C10H15ClN2O2. The highest BCUT2D eigenvalue weighted by atomic mass is 35.5. The molecule has 0 bridgehead atoms. The van der Waals surface area contributed by atoms with E-state index in [2.05, 4.69) is 16.6 Å². The number of halogens is 1. The van der Waals surface area contributed by atoms with Gasteiger partial charge in [-0.05, 0) is 19.8 Å². The number of alkyl halides is 1. The Morgan fingerprint density at radius 2 is 2.13 bits per heavy atom. The van der Waals surface area contributed by atoms with E-state index in [1.807, 2.05) is 0 Å². The molecule has 0 aliphatic rings. The molecule has 0 saturated heterocycles. The van der Waals surface area contributed by atoms with E-state index < -0.39 is 17.3 Å². The van der Waals surface area contributed by atoms with E-state index in [0.29, 0.717) is 13.0 Å². The Bertz CT molecular complexity index is 259. The van der Waals surface area contributed by atoms with Gasteiger partial charge < -0.3 is 5.32 Å². The Hall–Kier alpha value is -1.21. The third-order valence-corrected chi connectivity index (χ3v) is 1.83. The Morgan fingerprint density at radius 1 is 1.47 bits per heavy atom. The molecule has 0 aromatic rings. The summed E-state index contributed by atoms with van der Waals surface area (Å²) in [5, 5.41) is 3.93. The first-order chi connectivity index (χ1) is 7.07. The molecular weight excluding hydrogens is 216 g/mol. The van der Waals surface area contributed by atoms with Crippen LogP contribution in [-0.4, -0.2) is 23.9 Å². The molecule has 0 aliphatic carbocycles. The first-order valence-corrected chi connectivity index (χ1v) is 5.17. The van der Waals surface area contributed by atoms with Crippen molar-refractivity contribution < 1.29 is 9.59 Å². The highest BCUT2D eigenvalue weighted by molar-refractivity contribution is 6.31. The van der Waals surface area contributed by atoms with E-state index in [0.717, 1.165) is 12.8 Å². The van der Waals surface area contributed by atoms with Crippen LogP contribution >= 0.6 is 11.6 Å². The van der Waals surface area contributed by atoms with Gasteiger partial charge in [0.25, 0.3) is 0 Å². The van der Waals surface area contributed by atoms with Crippen molar-refractivity contribution in [2.24, 2.45) is 0 Å². The van der Waals surface area contributed by atoms with Crippen LogP contribution in [0.4, 0.5) is 4.79 Å². The molecule has 15 heavy (non-hydrogen) atoms. The summed E-state index contributed by atoms with van der Waals surface area (Å²) in [4.78, 5) is 22.0. The number of carbonyl (C=O) groups excluding carboxylic acids is 2. The number of hydrogen-bond donors (Lipinski definition) is 2. The number of unbranched alkanes of at least 4 members (excludes halogenated alkanes) is 2. The van der Waals surface area contributed by atoms with Crippen LogP contribution < -0.4 is 10.6 Å². The first kappa shape index (κ1) is 13.8. The van der Waals surface area contributed by atoms with Gasteiger partial charge in [-0.15, -0.1) is 23.9 Å². The standard InChI is InChI=1S/C10H15ClN2O2/c1-3-4-5-6-7-12-10(15)13-9(14)8(2)11/h1,8H,4-7H2,2H3,(H2,12,13,14,15). The van der Waals surface area contributed by atoms with E-state index in [-0.39, 0.29) is 0 Å². The van der Waals surface area contributed by atoms with Gasteiger partial charge in [-0.1, -0.05) is 0 Å². The molecule has 4 nitrogen and oxygen atoms in total. The molecule has 2 N–H and O–H groups in total. The lowest BCUT2D eigenvalue weighted by molar-refractivity contribution is -0.119. The van der Waals surface area contributed by atoms with Gasteiger partial charge in [0.2, 0.25) is 5.91 Å². The zero-order valence-corrected chi connectivity index (χ0v) is 9.43. The Balaban J connectivity index is 3.50. The minimum absolute atomic E-state index is 0.497. The summed E-state index contributed by atoms with van der Waals surface area (Å²) in [7, 11) is 0. The van der Waals surface area contributed by atoms with E-state index in [1.165, 1.54) is 6.92 Å². The number of carbonyl (C=O) groups is 2. The van der Waals surface area contributed by atoms with E-state index in [9.17, 15) is 9.59 Å². The Morgan fingerprint density at radius 3 is 2.67 bits per heavy atom. The smallest absolute Gasteiger partial charge is 0.321 e. The molecule has 5 heteroatoms. The Labute approximate surface area is 94.7 Å². The van der Waals surface area contributed by atoms with Gasteiger partial charge in [0, 0.05) is 13.0 Å². The SMILES string of the molecule is C#CCCCCNC(=O)NC(=O)C(C)Cl. The van der Waals surface area contributed by atoms with Gasteiger partial charge in [-0.2, -0.15) is 0 Å². The predicted octanol–water partition coefficient (Wildman–Crippen LogP) is 1.24. The minimum atomic E-state index is -0.711. The number of nitrogens with one attached hydrogen (secondary N) is 2. The van der Waals surface area contributed by atoms with Crippen LogP contribution in [0.5, 0.6) is 0 Å². The lowest BCUT2D eigenvalue weighted by atomic mass is 10.2. The number of imide groups is 1. The van der Waals surface area contributed by atoms with Crippen molar-refractivity contribution in [3.63, 3.8) is 0 Å². The maximum atomic E-state index is 11.0. The number of hydrogen-bond acceptors (Lipinski definition) is 2. The lowest BCUT2D eigenvalue weighted by Crippen LogP contribution is -2.42. The quantitative estimate of drug-likeness (QED) is 0.424. The van der Waals surface area contributed by atoms with Crippen molar-refractivity contribution in [2.45, 2.75) is 31.6 Å². The molecule has 0 rings (SSSR count). The molecule has 1 unspecified atom stereocenters. The molecule has 3 amide bonds. The fraction of sp³-hybridized carbons (Fsp3) is 0.600. The summed E-state index contributed by atoms with van der Waals surface area (Å²) < 4.78 is 0. The molecule has 1 atom stereocenters. The first-order valence-electron chi connectivity index (χ1n) is 4.74. The van der Waals surface area contributed by atoms with Gasteiger partial charge in [-0.25, -0.2) is 4.79 Å². The van der Waals surface area contributed by atoms with Crippen molar-refractivity contribution >= 4 is 23.5 Å². The normalized spacial score (nSPS) is 11.3. The summed E-state index contributed by atoms with van der Waals surface area (Å²) >= 11 is 5.46. The summed E-state index contributed by atoms with van der Waals surface area (Å²) in [6, 6.07) is -0.520. The zero-order valence-electron chi connectivity index (χ0n) is 8.68. The number of urea groups is 1. The largest absolute Gasteiger partial charge is 0.338 e. The van der Waals surface area contributed by atoms with Gasteiger partial charge in [-0.3, -0.25) is 10.1 Å². The average molecular weight is 231 g/mol. The average Bonchev–Trinajstić information content (AvgIpc) is 2.17. The van der Waals surface area contributed by atoms with Crippen LogP contribution in [0.3, 0.4) is 0 Å². The molecule has 0 heterocycles. The van der Waals surface area contributed by atoms with Crippen LogP contribution in [-0.2, 0) is 4.79 Å². The topological polar surface area (TPSA) is 58.2 Å². The van der Waals surface area contributed by atoms with Crippen molar-refractivity contribution in [1.29, 1.82) is 0 Å². The second kappa shape index (κ2) is 8.13. The van der Waals surface area contributed by atoms with Crippen LogP contribution in [0.25, 0.3) is 0 Å². The third-order valence-electron chi connectivity index (χ3n) is 1.63. The molecule has 0 aromatic carbocycles. The summed E-state index contributed by atoms with van der Waals surface area (Å²) in [6.07, 6.45) is 7.41.